The highest BCUT2D eigenvalue weighted by molar-refractivity contribution is 14.1. The molecule has 60 heavy (non-hydrogen) atoms. The summed E-state index contributed by atoms with van der Waals surface area (Å²) in [4.78, 5) is 34.9. The van der Waals surface area contributed by atoms with Crippen molar-refractivity contribution in [3.8, 4) is 11.4 Å². The van der Waals surface area contributed by atoms with Crippen molar-refractivity contribution in [2.45, 2.75) is 80.6 Å². The Kier molecular flexibility index (Phi) is 28.8. The van der Waals surface area contributed by atoms with Crippen molar-refractivity contribution < 1.29 is 15.0 Å². The van der Waals surface area contributed by atoms with Crippen LogP contribution in [0.15, 0.2) is 92.2 Å². The number of hydrogen-bond acceptors (Lipinski definition) is 12. The van der Waals surface area contributed by atoms with E-state index in [1.807, 2.05) is 43.7 Å². The number of rotatable bonds is 4. The first-order valence-corrected chi connectivity index (χ1v) is 18.9. The van der Waals surface area contributed by atoms with Crippen LogP contribution in [0.2, 0.25) is 5.02 Å². The molecule has 0 aliphatic rings. The zero-order chi connectivity index (χ0) is 44.7. The summed E-state index contributed by atoms with van der Waals surface area (Å²) in [5, 5.41) is 28.3. The predicted molar refractivity (Wildman–Crippen MR) is 258 cm³/mol. The van der Waals surface area contributed by atoms with Gasteiger partial charge < -0.3 is 37.6 Å². The molecule has 10 N–H and O–H groups in total. The Morgan fingerprint density at radius 3 is 1.45 bits per heavy atom. The SMILES string of the molecule is C.C.CC(C)(C)I.CC(C)C.CO.Cc1cn(-c2cccc(N)c2N)cn1.Cc1cn(-c2cccc(N)c2[N+](=O)[O-])cn1.Cc1cnc[nH]1.Nc1cccc(Cl)c1[N+](=O)[O-]. The lowest BCUT2D eigenvalue weighted by Crippen LogP contribution is -2.01. The molecule has 0 radical (unpaired) electrons. The van der Waals surface area contributed by atoms with Crippen molar-refractivity contribution >= 4 is 68.3 Å². The molecule has 0 saturated carbocycles. The third-order valence-corrected chi connectivity index (χ3v) is 6.47. The van der Waals surface area contributed by atoms with Crippen molar-refractivity contribution in [1.82, 2.24) is 29.1 Å². The second kappa shape index (κ2) is 29.5. The summed E-state index contributed by atoms with van der Waals surface area (Å²) < 4.78 is 3.92. The van der Waals surface area contributed by atoms with E-state index >= 15 is 0 Å². The van der Waals surface area contributed by atoms with E-state index in [1.54, 1.807) is 53.9 Å². The molecule has 0 aliphatic carbocycles. The molecule has 6 rings (SSSR count). The van der Waals surface area contributed by atoms with E-state index in [0.717, 1.165) is 35.8 Å². The summed E-state index contributed by atoms with van der Waals surface area (Å²) >= 11 is 7.88. The standard InChI is InChI=1S/C10H10N4O2.C10H12N4.C6H5ClN2O2.C4H9I.C4H6N2.C4H10.CH4O.2CH4/c1-7-5-13(6-12-7)9-4-2-3-8(11)10(9)14(15)16;1-7-5-14(6-13-7)9-4-2-3-8(11)10(9)12;7-4-2-1-3-5(8)6(4)9(10)11;1-4(2,3)5;1-4-2-5-3-6-4;1-4(2)3;1-2;;/h2-6H,11H2,1H3;2-6H,11-12H2,1H3;1-3H,8H2;1-3H3;2-3H,1H3,(H,5,6);4H,1-3H3;2H,1H3;2*1H4. The lowest BCUT2D eigenvalue weighted by atomic mass is 10.2. The number of aryl methyl sites for hydroxylation is 3. The summed E-state index contributed by atoms with van der Waals surface area (Å²) in [6, 6.07) is 14.8. The number of nitrogens with one attached hydrogen (secondary N) is 1. The average Bonchev–Trinajstić information content (AvgIpc) is 3.89. The van der Waals surface area contributed by atoms with Crippen LogP contribution in [-0.2, 0) is 0 Å². The van der Waals surface area contributed by atoms with Gasteiger partial charge in [0.05, 0.1) is 57.3 Å². The molecule has 19 heteroatoms. The van der Waals surface area contributed by atoms with Crippen molar-refractivity contribution in [2.24, 2.45) is 5.92 Å². The summed E-state index contributed by atoms with van der Waals surface area (Å²) in [7, 11) is 1.00. The molecular formula is C41H64ClIN12O5. The van der Waals surface area contributed by atoms with E-state index in [9.17, 15) is 20.2 Å². The maximum absolute atomic E-state index is 10.9. The fourth-order valence-corrected chi connectivity index (χ4v) is 4.16. The average molecular weight is 967 g/mol. The molecule has 332 valence electrons. The summed E-state index contributed by atoms with van der Waals surface area (Å²) in [5.41, 5.74) is 27.7. The second-order valence-electron chi connectivity index (χ2n) is 13.6. The third kappa shape index (κ3) is 23.0. The van der Waals surface area contributed by atoms with Crippen LogP contribution in [0.4, 0.5) is 34.1 Å². The lowest BCUT2D eigenvalue weighted by molar-refractivity contribution is -0.383. The van der Waals surface area contributed by atoms with E-state index in [4.69, 9.17) is 39.6 Å². The summed E-state index contributed by atoms with van der Waals surface area (Å²) in [5.74, 6) is 0.833. The second-order valence-corrected chi connectivity index (χ2v) is 17.2. The first-order valence-electron chi connectivity index (χ1n) is 17.5. The number of aromatic nitrogens is 6. The Bertz CT molecular complexity index is 2090. The predicted octanol–water partition coefficient (Wildman–Crippen LogP) is 10.3. The number of aliphatic hydroxyl groups excluding tert-OH is 1. The molecule has 3 aromatic carbocycles. The van der Waals surface area contributed by atoms with Crippen LogP contribution in [0.3, 0.4) is 0 Å². The Morgan fingerprint density at radius 1 is 0.750 bits per heavy atom. The first-order chi connectivity index (χ1) is 27.0. The van der Waals surface area contributed by atoms with Crippen LogP contribution < -0.4 is 22.9 Å². The zero-order valence-electron chi connectivity index (χ0n) is 34.5. The molecule has 0 atom stereocenters. The van der Waals surface area contributed by atoms with Crippen LogP contribution in [0.1, 0.15) is 73.5 Å². The molecule has 0 aliphatic heterocycles. The van der Waals surface area contributed by atoms with Gasteiger partial charge in [-0.1, -0.05) is 109 Å². The van der Waals surface area contributed by atoms with Gasteiger partial charge in [-0.2, -0.15) is 0 Å². The number of halogens is 2. The van der Waals surface area contributed by atoms with Gasteiger partial charge in [-0.15, -0.1) is 0 Å². The molecule has 17 nitrogen and oxygen atoms in total. The van der Waals surface area contributed by atoms with Gasteiger partial charge in [0.1, 0.15) is 22.1 Å². The Balaban J connectivity index is -0.000000679. The minimum absolute atomic E-state index is 0. The summed E-state index contributed by atoms with van der Waals surface area (Å²) in [6.45, 7) is 18.7. The van der Waals surface area contributed by atoms with Gasteiger partial charge in [0.25, 0.3) is 0 Å². The quantitative estimate of drug-likeness (QED) is 0.0316. The number of aliphatic hydroxyl groups is 1. The van der Waals surface area contributed by atoms with Crippen LogP contribution >= 0.6 is 34.2 Å². The third-order valence-electron chi connectivity index (χ3n) is 6.16. The highest BCUT2D eigenvalue weighted by Gasteiger charge is 2.19. The number of nitrogen functional groups attached to an aromatic ring is 4. The van der Waals surface area contributed by atoms with Crippen molar-refractivity contribution in [1.29, 1.82) is 0 Å². The molecule has 0 bridgehead atoms. The van der Waals surface area contributed by atoms with Gasteiger partial charge in [0.15, 0.2) is 0 Å². The lowest BCUT2D eigenvalue weighted by Gasteiger charge is -2.07. The molecule has 0 spiro atoms. The topological polar surface area (TPSA) is 275 Å². The number of benzene rings is 3. The van der Waals surface area contributed by atoms with Gasteiger partial charge >= 0.3 is 11.4 Å². The maximum atomic E-state index is 10.9. The van der Waals surface area contributed by atoms with Crippen molar-refractivity contribution in [2.75, 3.05) is 30.0 Å². The Hall–Kier alpha value is -5.73. The van der Waals surface area contributed by atoms with Gasteiger partial charge in [-0.05, 0) is 63.1 Å². The molecule has 0 unspecified atom stereocenters. The van der Waals surface area contributed by atoms with E-state index in [-0.39, 0.29) is 42.6 Å². The number of para-hydroxylation sites is 3. The number of aromatic amines is 1. The molecule has 3 aromatic heterocycles. The fraction of sp³-hybridized carbons (Fsp3) is 0.341. The number of hydrogen-bond donors (Lipinski definition) is 6. The highest BCUT2D eigenvalue weighted by Crippen LogP contribution is 2.30. The number of anilines is 4. The van der Waals surface area contributed by atoms with E-state index in [0.29, 0.717) is 20.5 Å². The molecule has 0 saturated heterocycles. The largest absolute Gasteiger partial charge is 0.400 e. The number of nitro groups is 2. The minimum atomic E-state index is -0.600. The summed E-state index contributed by atoms with van der Waals surface area (Å²) in [6.07, 6.45) is 10.3. The van der Waals surface area contributed by atoms with Crippen molar-refractivity contribution in [3.05, 3.63) is 135 Å². The number of nitro benzene ring substituents is 2. The van der Waals surface area contributed by atoms with Gasteiger partial charge in [0, 0.05) is 34.8 Å². The fourth-order valence-electron chi connectivity index (χ4n) is 3.91. The first kappa shape index (κ1) is 58.6. The van der Waals surface area contributed by atoms with E-state index in [2.05, 4.69) is 84.1 Å². The molecule has 3 heterocycles. The molecular weight excluding hydrogens is 903 g/mol. The van der Waals surface area contributed by atoms with Crippen LogP contribution in [0.5, 0.6) is 0 Å². The highest BCUT2D eigenvalue weighted by atomic mass is 127. The van der Waals surface area contributed by atoms with Crippen LogP contribution in [0, 0.1) is 46.9 Å². The van der Waals surface area contributed by atoms with E-state index < -0.39 is 9.85 Å². The number of nitrogens with two attached hydrogens (primary N) is 4. The monoisotopic (exact) mass is 966 g/mol. The number of H-pyrrole nitrogens is 1. The van der Waals surface area contributed by atoms with Gasteiger partial charge in [-0.25, -0.2) is 15.0 Å². The normalized spacial score (nSPS) is 9.50. The Morgan fingerprint density at radius 2 is 1.13 bits per heavy atom. The minimum Gasteiger partial charge on any atom is -0.400 e. The number of imidazole rings is 3. The molecule has 0 fully saturated rings. The smallest absolute Gasteiger partial charge is 0.315 e. The zero-order valence-corrected chi connectivity index (χ0v) is 37.4. The van der Waals surface area contributed by atoms with Crippen molar-refractivity contribution in [3.63, 3.8) is 0 Å². The number of alkyl halides is 1. The van der Waals surface area contributed by atoms with Gasteiger partial charge in [-0.3, -0.25) is 24.8 Å². The molecule has 6 aromatic rings. The maximum Gasteiger partial charge on any atom is 0.315 e. The molecule has 0 amide bonds. The van der Waals surface area contributed by atoms with E-state index in [1.165, 1.54) is 24.5 Å². The van der Waals surface area contributed by atoms with Crippen LogP contribution in [-0.4, -0.2) is 54.6 Å². The van der Waals surface area contributed by atoms with Crippen LogP contribution in [0.25, 0.3) is 11.4 Å². The number of nitrogens with zero attached hydrogens (tertiary/aromatic N) is 7. The van der Waals surface area contributed by atoms with Gasteiger partial charge in [0.2, 0.25) is 0 Å². The Labute approximate surface area is 373 Å².